The van der Waals surface area contributed by atoms with Gasteiger partial charge < -0.3 is 5.11 Å². The largest absolute Gasteiger partial charge is 0.493 e. The molecule has 0 saturated heterocycles. The van der Waals surface area contributed by atoms with Crippen LogP contribution < -0.4 is 5.69 Å². The molecule has 1 atom stereocenters. The van der Waals surface area contributed by atoms with Crippen molar-refractivity contribution in [2.75, 3.05) is 5.33 Å². The van der Waals surface area contributed by atoms with E-state index in [9.17, 15) is 9.90 Å². The fourth-order valence-corrected chi connectivity index (χ4v) is 3.75. The quantitative estimate of drug-likeness (QED) is 0.435. The number of rotatable bonds is 6. The van der Waals surface area contributed by atoms with Gasteiger partial charge in [0.05, 0.1) is 12.7 Å². The summed E-state index contributed by atoms with van der Waals surface area (Å²) in [5.41, 5.74) is 5.93. The Balaban J connectivity index is 1.68. The fourth-order valence-electron chi connectivity index (χ4n) is 3.52. The van der Waals surface area contributed by atoms with Gasteiger partial charge in [-0.1, -0.05) is 53.2 Å². The minimum Gasteiger partial charge on any atom is -0.493 e. The summed E-state index contributed by atoms with van der Waals surface area (Å²) in [5.74, 6) is 0.422. The Kier molecular flexibility index (Phi) is 5.27. The van der Waals surface area contributed by atoms with E-state index in [4.69, 9.17) is 0 Å². The van der Waals surface area contributed by atoms with Gasteiger partial charge in [-0.2, -0.15) is 15.4 Å². The monoisotopic (exact) mass is 455 g/mol. The first-order valence-corrected chi connectivity index (χ1v) is 10.5. The zero-order valence-corrected chi connectivity index (χ0v) is 17.8. The van der Waals surface area contributed by atoms with Crippen LogP contribution >= 0.6 is 15.9 Å². The van der Waals surface area contributed by atoms with Gasteiger partial charge in [-0.3, -0.25) is 9.13 Å². The average Bonchev–Trinajstić information content (AvgIpc) is 3.30. The predicted molar refractivity (Wildman–Crippen MR) is 116 cm³/mol. The van der Waals surface area contributed by atoms with E-state index in [1.54, 1.807) is 7.05 Å². The smallest absolute Gasteiger partial charge is 0.331 e. The number of aromatic amines is 1. The highest BCUT2D eigenvalue weighted by Crippen LogP contribution is 2.31. The van der Waals surface area contributed by atoms with Crippen LogP contribution in [-0.4, -0.2) is 35.0 Å². The standard InChI is InChI=1S/C21H22BrN5O2/c1-13(10-22)9-17-16(7-8-18-20(17)24-25-23-18)15-5-3-14(4-6-15)11-27-12-19(28)26(2)21(27)29/h3-8,12-13,28H,9-11H2,1-2H3,(H,23,24,25). The number of imidazole rings is 1. The Bertz CT molecular complexity index is 1210. The highest BCUT2D eigenvalue weighted by molar-refractivity contribution is 9.09. The van der Waals surface area contributed by atoms with Crippen molar-refractivity contribution in [2.45, 2.75) is 19.9 Å². The number of nitrogens with one attached hydrogen (secondary N) is 1. The normalized spacial score (nSPS) is 12.5. The van der Waals surface area contributed by atoms with E-state index in [2.05, 4.69) is 56.5 Å². The molecule has 150 valence electrons. The van der Waals surface area contributed by atoms with Crippen molar-refractivity contribution in [1.82, 2.24) is 24.5 Å². The van der Waals surface area contributed by atoms with E-state index in [1.807, 2.05) is 18.2 Å². The van der Waals surface area contributed by atoms with Crippen molar-refractivity contribution in [3.8, 4) is 17.0 Å². The highest BCUT2D eigenvalue weighted by Gasteiger charge is 2.15. The number of aromatic nitrogens is 5. The number of H-pyrrole nitrogens is 1. The molecule has 0 fully saturated rings. The predicted octanol–water partition coefficient (Wildman–Crippen LogP) is 3.45. The van der Waals surface area contributed by atoms with Gasteiger partial charge in [-0.15, -0.1) is 0 Å². The second kappa shape index (κ2) is 7.87. The number of alkyl halides is 1. The summed E-state index contributed by atoms with van der Waals surface area (Å²) in [7, 11) is 1.55. The van der Waals surface area contributed by atoms with Crippen molar-refractivity contribution in [3.63, 3.8) is 0 Å². The molecule has 0 amide bonds. The molecule has 4 rings (SSSR count). The van der Waals surface area contributed by atoms with E-state index in [1.165, 1.54) is 20.9 Å². The molecule has 7 nitrogen and oxygen atoms in total. The molecule has 0 aliphatic carbocycles. The maximum Gasteiger partial charge on any atom is 0.331 e. The Morgan fingerprint density at radius 1 is 1.17 bits per heavy atom. The van der Waals surface area contributed by atoms with Crippen molar-refractivity contribution < 1.29 is 5.11 Å². The lowest BCUT2D eigenvalue weighted by Gasteiger charge is -2.14. The molecule has 8 heteroatoms. The average molecular weight is 456 g/mol. The van der Waals surface area contributed by atoms with Gasteiger partial charge in [0.25, 0.3) is 0 Å². The van der Waals surface area contributed by atoms with E-state index in [0.29, 0.717) is 12.5 Å². The summed E-state index contributed by atoms with van der Waals surface area (Å²) >= 11 is 3.57. The third-order valence-corrected chi connectivity index (χ3v) is 6.28. The van der Waals surface area contributed by atoms with E-state index in [-0.39, 0.29) is 11.6 Å². The lowest BCUT2D eigenvalue weighted by atomic mass is 9.92. The molecule has 0 radical (unpaired) electrons. The second-order valence-corrected chi connectivity index (χ2v) is 8.05. The molecular weight excluding hydrogens is 434 g/mol. The van der Waals surface area contributed by atoms with Crippen molar-refractivity contribution in [2.24, 2.45) is 13.0 Å². The first-order chi connectivity index (χ1) is 14.0. The van der Waals surface area contributed by atoms with Crippen molar-refractivity contribution >= 4 is 27.0 Å². The van der Waals surface area contributed by atoms with E-state index >= 15 is 0 Å². The molecule has 4 aromatic rings. The van der Waals surface area contributed by atoms with Crippen LogP contribution in [0.2, 0.25) is 0 Å². The summed E-state index contributed by atoms with van der Waals surface area (Å²) in [6.07, 6.45) is 2.35. The summed E-state index contributed by atoms with van der Waals surface area (Å²) < 4.78 is 2.72. The maximum atomic E-state index is 12.1. The molecule has 0 aliphatic rings. The molecule has 0 spiro atoms. The van der Waals surface area contributed by atoms with Gasteiger partial charge in [0, 0.05) is 12.4 Å². The van der Waals surface area contributed by atoms with Gasteiger partial charge in [-0.05, 0) is 40.7 Å². The number of halogens is 1. The van der Waals surface area contributed by atoms with Crippen molar-refractivity contribution in [1.29, 1.82) is 0 Å². The van der Waals surface area contributed by atoms with Gasteiger partial charge in [0.1, 0.15) is 11.0 Å². The Morgan fingerprint density at radius 2 is 1.93 bits per heavy atom. The first-order valence-electron chi connectivity index (χ1n) is 9.40. The molecule has 29 heavy (non-hydrogen) atoms. The third-order valence-electron chi connectivity index (χ3n) is 5.18. The van der Waals surface area contributed by atoms with Gasteiger partial charge in [0.15, 0.2) is 0 Å². The lowest BCUT2D eigenvalue weighted by Crippen LogP contribution is -2.22. The zero-order chi connectivity index (χ0) is 20.5. The molecule has 1 unspecified atom stereocenters. The number of aromatic hydroxyl groups is 1. The second-order valence-electron chi connectivity index (χ2n) is 7.40. The van der Waals surface area contributed by atoms with Gasteiger partial charge in [0.2, 0.25) is 5.88 Å². The van der Waals surface area contributed by atoms with Gasteiger partial charge >= 0.3 is 5.69 Å². The van der Waals surface area contributed by atoms with E-state index in [0.717, 1.165) is 39.5 Å². The number of benzene rings is 2. The highest BCUT2D eigenvalue weighted by atomic mass is 79.9. The topological polar surface area (TPSA) is 88.7 Å². The number of hydrogen-bond acceptors (Lipinski definition) is 4. The van der Waals surface area contributed by atoms with Crippen LogP contribution in [0.4, 0.5) is 0 Å². The van der Waals surface area contributed by atoms with Crippen LogP contribution in [0.15, 0.2) is 47.4 Å². The summed E-state index contributed by atoms with van der Waals surface area (Å²) in [4.78, 5) is 12.1. The lowest BCUT2D eigenvalue weighted by molar-refractivity contribution is 0.429. The molecule has 2 aromatic carbocycles. The van der Waals surface area contributed by atoms with Crippen LogP contribution in [0.3, 0.4) is 0 Å². The Labute approximate surface area is 176 Å². The molecule has 2 aromatic heterocycles. The summed E-state index contributed by atoms with van der Waals surface area (Å²) in [6.45, 7) is 2.61. The Hall–Kier alpha value is -2.87. The van der Waals surface area contributed by atoms with Crippen LogP contribution in [0.5, 0.6) is 5.88 Å². The van der Waals surface area contributed by atoms with Crippen LogP contribution in [0, 0.1) is 5.92 Å². The maximum absolute atomic E-state index is 12.1. The molecule has 2 heterocycles. The number of hydrogen-bond donors (Lipinski definition) is 2. The molecule has 0 saturated carbocycles. The van der Waals surface area contributed by atoms with Crippen LogP contribution in [0.25, 0.3) is 22.2 Å². The number of fused-ring (bicyclic) bond motifs is 1. The Morgan fingerprint density at radius 3 is 2.59 bits per heavy atom. The minimum absolute atomic E-state index is 0.0434. The molecule has 0 bridgehead atoms. The SMILES string of the molecule is CC(CBr)Cc1c(-c2ccc(Cn3cc(O)n(C)c3=O)cc2)ccc2n[nH]nc12. The number of nitrogens with zero attached hydrogens (tertiary/aromatic N) is 4. The van der Waals surface area contributed by atoms with Crippen LogP contribution in [0.1, 0.15) is 18.1 Å². The summed E-state index contributed by atoms with van der Waals surface area (Å²) in [5, 5.41) is 21.9. The van der Waals surface area contributed by atoms with Crippen molar-refractivity contribution in [3.05, 3.63) is 64.2 Å². The first kappa shape index (κ1) is 19.4. The fraction of sp³-hybridized carbons (Fsp3) is 0.286. The molecular formula is C21H22BrN5O2. The molecule has 0 aliphatic heterocycles. The van der Waals surface area contributed by atoms with Gasteiger partial charge in [-0.25, -0.2) is 4.79 Å². The van der Waals surface area contributed by atoms with Crippen LogP contribution in [-0.2, 0) is 20.0 Å². The van der Waals surface area contributed by atoms with E-state index < -0.39 is 0 Å². The minimum atomic E-state index is -0.242. The molecule has 2 N–H and O–H groups in total. The third kappa shape index (κ3) is 3.72. The zero-order valence-electron chi connectivity index (χ0n) is 16.3. The summed E-state index contributed by atoms with van der Waals surface area (Å²) in [6, 6.07) is 12.2.